The number of aromatic amines is 1. The molecule has 0 saturated carbocycles. The van der Waals surface area contributed by atoms with Gasteiger partial charge >= 0.3 is 0 Å². The quantitative estimate of drug-likeness (QED) is 0.637. The summed E-state index contributed by atoms with van der Waals surface area (Å²) in [5.74, 6) is -0.307. The molecule has 0 fully saturated rings. The molecule has 0 atom stereocenters. The molecule has 0 aliphatic rings. The van der Waals surface area contributed by atoms with Gasteiger partial charge in [0.25, 0.3) is 0 Å². The largest absolute Gasteiger partial charge is 0.296 e. The van der Waals surface area contributed by atoms with Crippen molar-refractivity contribution in [2.75, 3.05) is 10.6 Å². The number of carbonyl (C=O) groups is 2. The molecule has 0 aliphatic heterocycles. The third-order valence-electron chi connectivity index (χ3n) is 1.24. The lowest BCUT2D eigenvalue weighted by molar-refractivity contribution is -0.115. The minimum Gasteiger partial charge on any atom is -0.296 e. The second-order valence-electron chi connectivity index (χ2n) is 2.69. The fraction of sp³-hybridized carbons (Fsp3) is 0.286. The summed E-state index contributed by atoms with van der Waals surface area (Å²) >= 11 is 4.75. The van der Waals surface area contributed by atoms with E-state index in [0.29, 0.717) is 0 Å². The summed E-state index contributed by atoms with van der Waals surface area (Å²) in [5.41, 5.74) is 0. The lowest BCUT2D eigenvalue weighted by atomic mass is 10.7. The lowest BCUT2D eigenvalue weighted by Gasteiger charge is -2.04. The number of nitrogens with zero attached hydrogens (tertiary/aromatic N) is 2. The van der Waals surface area contributed by atoms with Gasteiger partial charge in [-0.1, -0.05) is 0 Å². The van der Waals surface area contributed by atoms with Crippen LogP contribution in [0.2, 0.25) is 0 Å². The zero-order chi connectivity index (χ0) is 11.4. The molecule has 80 valence electrons. The maximum atomic E-state index is 10.7. The first-order valence-corrected chi connectivity index (χ1v) is 4.42. The van der Waals surface area contributed by atoms with E-state index in [9.17, 15) is 9.59 Å². The zero-order valence-electron chi connectivity index (χ0n) is 8.12. The number of amides is 2. The zero-order valence-corrected chi connectivity index (χ0v) is 8.94. The van der Waals surface area contributed by atoms with Crippen LogP contribution in [0.4, 0.5) is 11.9 Å². The highest BCUT2D eigenvalue weighted by Crippen LogP contribution is 2.02. The maximum Gasteiger partial charge on any atom is 0.225 e. The number of aromatic nitrogens is 3. The highest BCUT2D eigenvalue weighted by atomic mass is 32.1. The van der Waals surface area contributed by atoms with Gasteiger partial charge in [-0.25, -0.2) is 0 Å². The van der Waals surface area contributed by atoms with Gasteiger partial charge < -0.3 is 0 Å². The van der Waals surface area contributed by atoms with Crippen LogP contribution in [0, 0.1) is 4.77 Å². The molecule has 0 aliphatic carbocycles. The summed E-state index contributed by atoms with van der Waals surface area (Å²) in [5, 5.41) is 4.79. The van der Waals surface area contributed by atoms with Crippen molar-refractivity contribution in [3.63, 3.8) is 0 Å². The average Bonchev–Trinajstić information content (AvgIpc) is 1.98. The second kappa shape index (κ2) is 4.60. The van der Waals surface area contributed by atoms with Crippen LogP contribution in [0.1, 0.15) is 13.8 Å². The molecule has 8 heteroatoms. The minimum atomic E-state index is -0.298. The van der Waals surface area contributed by atoms with Crippen LogP contribution < -0.4 is 10.6 Å². The number of anilines is 2. The molecule has 0 aromatic carbocycles. The highest BCUT2D eigenvalue weighted by Gasteiger charge is 2.02. The normalized spacial score (nSPS) is 9.47. The number of rotatable bonds is 2. The first-order chi connectivity index (χ1) is 6.97. The smallest absolute Gasteiger partial charge is 0.225 e. The highest BCUT2D eigenvalue weighted by molar-refractivity contribution is 7.71. The van der Waals surface area contributed by atoms with E-state index < -0.39 is 0 Å². The minimum absolute atomic E-state index is 0.0289. The van der Waals surface area contributed by atoms with Crippen LogP contribution in [0.25, 0.3) is 0 Å². The molecule has 1 heterocycles. The van der Waals surface area contributed by atoms with E-state index in [0.717, 1.165) is 0 Å². The van der Waals surface area contributed by atoms with Crippen molar-refractivity contribution in [2.24, 2.45) is 0 Å². The van der Waals surface area contributed by atoms with Crippen molar-refractivity contribution in [1.29, 1.82) is 0 Å². The van der Waals surface area contributed by atoms with Crippen molar-refractivity contribution in [3.8, 4) is 0 Å². The number of nitrogens with one attached hydrogen (secondary N) is 3. The Morgan fingerprint density at radius 3 is 1.87 bits per heavy atom. The van der Waals surface area contributed by atoms with Gasteiger partial charge in [0.05, 0.1) is 0 Å². The summed E-state index contributed by atoms with van der Waals surface area (Å²) in [4.78, 5) is 31.6. The van der Waals surface area contributed by atoms with Crippen LogP contribution in [-0.2, 0) is 9.59 Å². The Morgan fingerprint density at radius 2 is 1.53 bits per heavy atom. The van der Waals surface area contributed by atoms with Gasteiger partial charge in [0, 0.05) is 13.8 Å². The Hall–Kier alpha value is -1.83. The van der Waals surface area contributed by atoms with E-state index in [1.165, 1.54) is 13.8 Å². The first-order valence-electron chi connectivity index (χ1n) is 4.01. The van der Waals surface area contributed by atoms with Crippen molar-refractivity contribution in [3.05, 3.63) is 4.77 Å². The van der Waals surface area contributed by atoms with Gasteiger partial charge in [-0.05, 0) is 12.2 Å². The Kier molecular flexibility index (Phi) is 3.45. The second-order valence-corrected chi connectivity index (χ2v) is 3.06. The standard InChI is InChI=1S/C7H9N5O2S/c1-3(13)8-5-10-6(9-4(2)14)12-7(15)11-5/h1-2H3,(H3,8,9,10,11,12,13,14,15). The number of hydrogen-bond donors (Lipinski definition) is 3. The van der Waals surface area contributed by atoms with Crippen molar-refractivity contribution in [2.45, 2.75) is 13.8 Å². The van der Waals surface area contributed by atoms with Crippen molar-refractivity contribution >= 4 is 35.9 Å². The molecule has 0 spiro atoms. The van der Waals surface area contributed by atoms with E-state index in [1.54, 1.807) is 0 Å². The summed E-state index contributed by atoms with van der Waals surface area (Å²) in [7, 11) is 0. The first kappa shape index (κ1) is 11.2. The summed E-state index contributed by atoms with van der Waals surface area (Å²) in [6.45, 7) is 2.66. The van der Waals surface area contributed by atoms with Gasteiger partial charge in [0.1, 0.15) is 0 Å². The van der Waals surface area contributed by atoms with Crippen molar-refractivity contribution < 1.29 is 9.59 Å². The SMILES string of the molecule is CC(=O)Nc1nc(=S)nc(NC(C)=O)[nH]1. The molecular formula is C7H9N5O2S. The van der Waals surface area contributed by atoms with Gasteiger partial charge in [-0.15, -0.1) is 0 Å². The third kappa shape index (κ3) is 3.81. The summed E-state index contributed by atoms with van der Waals surface area (Å²) in [6.07, 6.45) is 0. The van der Waals surface area contributed by atoms with E-state index in [-0.39, 0.29) is 28.5 Å². The fourth-order valence-corrected chi connectivity index (χ4v) is 1.02. The Morgan fingerprint density at radius 1 is 1.13 bits per heavy atom. The monoisotopic (exact) mass is 227 g/mol. The lowest BCUT2D eigenvalue weighted by Crippen LogP contribution is -2.14. The van der Waals surface area contributed by atoms with Crippen LogP contribution in [0.15, 0.2) is 0 Å². The molecule has 2 amide bonds. The van der Waals surface area contributed by atoms with Crippen LogP contribution in [-0.4, -0.2) is 26.8 Å². The molecule has 0 radical (unpaired) electrons. The molecule has 15 heavy (non-hydrogen) atoms. The van der Waals surface area contributed by atoms with E-state index in [2.05, 4.69) is 25.6 Å². The van der Waals surface area contributed by atoms with E-state index in [4.69, 9.17) is 12.2 Å². The van der Waals surface area contributed by atoms with Gasteiger partial charge in [0.15, 0.2) is 0 Å². The third-order valence-corrected chi connectivity index (χ3v) is 1.42. The molecular weight excluding hydrogens is 218 g/mol. The fourth-order valence-electron chi connectivity index (χ4n) is 0.836. The summed E-state index contributed by atoms with van der Waals surface area (Å²) < 4.78 is 0.0289. The van der Waals surface area contributed by atoms with Gasteiger partial charge in [-0.2, -0.15) is 9.97 Å². The number of carbonyl (C=O) groups excluding carboxylic acids is 2. The molecule has 7 nitrogen and oxygen atoms in total. The van der Waals surface area contributed by atoms with Crippen molar-refractivity contribution in [1.82, 2.24) is 15.0 Å². The Labute approximate surface area is 90.3 Å². The van der Waals surface area contributed by atoms with Gasteiger partial charge in [-0.3, -0.25) is 25.2 Å². The molecule has 0 unspecified atom stereocenters. The van der Waals surface area contributed by atoms with Gasteiger partial charge in [0.2, 0.25) is 28.5 Å². The molecule has 3 N–H and O–H groups in total. The average molecular weight is 227 g/mol. The molecule has 0 saturated heterocycles. The van der Waals surface area contributed by atoms with Crippen LogP contribution >= 0.6 is 12.2 Å². The van der Waals surface area contributed by atoms with Crippen LogP contribution in [0.3, 0.4) is 0 Å². The topological polar surface area (TPSA) is 99.8 Å². The Balaban J connectivity index is 2.99. The molecule has 1 aromatic heterocycles. The number of hydrogen-bond acceptors (Lipinski definition) is 5. The maximum absolute atomic E-state index is 10.7. The Bertz CT molecular complexity index is 418. The molecule has 1 aromatic rings. The van der Waals surface area contributed by atoms with E-state index in [1.807, 2.05) is 0 Å². The summed E-state index contributed by atoms with van der Waals surface area (Å²) in [6, 6.07) is 0. The number of H-pyrrole nitrogens is 1. The molecule has 0 bridgehead atoms. The molecule has 1 rings (SSSR count). The van der Waals surface area contributed by atoms with Crippen LogP contribution in [0.5, 0.6) is 0 Å². The predicted molar refractivity (Wildman–Crippen MR) is 55.8 cm³/mol. The predicted octanol–water partition coefficient (Wildman–Crippen LogP) is 0.451. The van der Waals surface area contributed by atoms with E-state index >= 15 is 0 Å².